The Kier molecular flexibility index (Phi) is 57.7. The van der Waals surface area contributed by atoms with Crippen LogP contribution in [0.3, 0.4) is 0 Å². The van der Waals surface area contributed by atoms with E-state index in [1.54, 1.807) is 0 Å². The summed E-state index contributed by atoms with van der Waals surface area (Å²) in [7, 11) is 0. The summed E-state index contributed by atoms with van der Waals surface area (Å²) < 4.78 is 16.9. The molecule has 0 unspecified atom stereocenters. The first-order valence-electron chi connectivity index (χ1n) is 31.3. The molecule has 0 fully saturated rings. The zero-order valence-corrected chi connectivity index (χ0v) is 47.3. The van der Waals surface area contributed by atoms with Crippen molar-refractivity contribution in [2.75, 3.05) is 13.2 Å². The van der Waals surface area contributed by atoms with Gasteiger partial charge < -0.3 is 14.2 Å². The van der Waals surface area contributed by atoms with E-state index in [1.165, 1.54) is 238 Å². The van der Waals surface area contributed by atoms with Crippen molar-refractivity contribution in [2.45, 2.75) is 354 Å². The highest BCUT2D eigenvalue weighted by Crippen LogP contribution is 2.18. The third-order valence-electron chi connectivity index (χ3n) is 14.2. The van der Waals surface area contributed by atoms with Crippen molar-refractivity contribution in [3.63, 3.8) is 0 Å². The van der Waals surface area contributed by atoms with E-state index in [-0.39, 0.29) is 31.1 Å². The fourth-order valence-corrected chi connectivity index (χ4v) is 9.48. The van der Waals surface area contributed by atoms with Crippen molar-refractivity contribution in [3.05, 3.63) is 24.3 Å². The van der Waals surface area contributed by atoms with Crippen LogP contribution in [0.1, 0.15) is 348 Å². The summed E-state index contributed by atoms with van der Waals surface area (Å²) in [5.74, 6) is -0.849. The van der Waals surface area contributed by atoms with Crippen LogP contribution in [0.4, 0.5) is 0 Å². The van der Waals surface area contributed by atoms with Gasteiger partial charge in [0.25, 0.3) is 0 Å². The Hall–Kier alpha value is -2.11. The van der Waals surface area contributed by atoms with Crippen LogP contribution in [0, 0.1) is 0 Å². The van der Waals surface area contributed by atoms with Crippen molar-refractivity contribution < 1.29 is 28.6 Å². The van der Waals surface area contributed by atoms with Gasteiger partial charge in [0.2, 0.25) is 0 Å². The summed E-state index contributed by atoms with van der Waals surface area (Å²) in [5, 5.41) is 0. The van der Waals surface area contributed by atoms with Crippen molar-refractivity contribution in [3.8, 4) is 0 Å². The number of carbonyl (C=O) groups excluding carboxylic acids is 3. The van der Waals surface area contributed by atoms with E-state index in [0.717, 1.165) is 70.6 Å². The van der Waals surface area contributed by atoms with Gasteiger partial charge in [-0.05, 0) is 51.4 Å². The van der Waals surface area contributed by atoms with Crippen molar-refractivity contribution in [1.82, 2.24) is 0 Å². The van der Waals surface area contributed by atoms with Crippen LogP contribution in [0.2, 0.25) is 0 Å². The lowest BCUT2D eigenvalue weighted by molar-refractivity contribution is -0.167. The van der Waals surface area contributed by atoms with Gasteiger partial charge in [0, 0.05) is 19.3 Å². The fraction of sp³-hybridized carbons (Fsp3) is 0.891. The normalized spacial score (nSPS) is 12.1. The van der Waals surface area contributed by atoms with Crippen LogP contribution >= 0.6 is 0 Å². The standard InChI is InChI=1S/C64H120O6/c1-4-7-10-13-16-19-22-25-28-31-34-36-39-42-45-48-51-54-57-63(66)69-60-61(70-64(67)58-55-52-49-46-43-40-37-33-30-27-24-21-18-15-12-9-6-3)59-68-62(65)56-53-50-47-44-41-38-35-32-29-26-23-20-17-14-11-8-5-2/h18,21,27,30,61H,4-17,19-20,22-26,28-29,31-60H2,1-3H3/b21-18-,30-27-/t61-/m1/s1. The maximum atomic E-state index is 12.9. The fourth-order valence-electron chi connectivity index (χ4n) is 9.48. The number of esters is 3. The number of hydrogen-bond acceptors (Lipinski definition) is 6. The Balaban J connectivity index is 4.32. The zero-order chi connectivity index (χ0) is 50.7. The molecule has 0 saturated carbocycles. The first-order chi connectivity index (χ1) is 34.5. The highest BCUT2D eigenvalue weighted by Gasteiger charge is 2.19. The Bertz CT molecular complexity index is 1130. The monoisotopic (exact) mass is 985 g/mol. The molecule has 0 heterocycles. The molecule has 0 aromatic rings. The number of carbonyl (C=O) groups is 3. The molecule has 0 aliphatic carbocycles. The SMILES string of the molecule is CCCCC/C=C\C/C=C\CCCCCCCCCC(=O)O[C@H](COC(=O)CCCCCCCCCCCCCCCCCCC)COC(=O)CCCCCCCCCCCCCCCCCCCC. The van der Waals surface area contributed by atoms with Gasteiger partial charge in [-0.2, -0.15) is 0 Å². The van der Waals surface area contributed by atoms with Gasteiger partial charge in [-0.15, -0.1) is 0 Å². The van der Waals surface area contributed by atoms with Gasteiger partial charge >= 0.3 is 17.9 Å². The lowest BCUT2D eigenvalue weighted by atomic mass is 10.0. The summed E-state index contributed by atoms with van der Waals surface area (Å²) in [6.45, 7) is 6.68. The van der Waals surface area contributed by atoms with E-state index < -0.39 is 6.10 Å². The maximum absolute atomic E-state index is 12.9. The third-order valence-corrected chi connectivity index (χ3v) is 14.2. The van der Waals surface area contributed by atoms with Crippen molar-refractivity contribution in [2.24, 2.45) is 0 Å². The van der Waals surface area contributed by atoms with Crippen molar-refractivity contribution >= 4 is 17.9 Å². The minimum atomic E-state index is -0.771. The van der Waals surface area contributed by atoms with Crippen LogP contribution in [0.15, 0.2) is 24.3 Å². The van der Waals surface area contributed by atoms with Gasteiger partial charge in [-0.25, -0.2) is 0 Å². The molecule has 0 aromatic carbocycles. The van der Waals surface area contributed by atoms with E-state index in [0.29, 0.717) is 19.3 Å². The minimum absolute atomic E-state index is 0.0685. The van der Waals surface area contributed by atoms with Gasteiger partial charge in [0.1, 0.15) is 13.2 Å². The predicted molar refractivity (Wildman–Crippen MR) is 303 cm³/mol. The molecule has 0 N–H and O–H groups in total. The van der Waals surface area contributed by atoms with E-state index in [9.17, 15) is 14.4 Å². The summed E-state index contributed by atoms with van der Waals surface area (Å²) in [4.78, 5) is 38.3. The van der Waals surface area contributed by atoms with E-state index >= 15 is 0 Å². The third kappa shape index (κ3) is 56.8. The van der Waals surface area contributed by atoms with Gasteiger partial charge in [0.15, 0.2) is 6.10 Å². The molecule has 0 radical (unpaired) electrons. The Morgan fingerprint density at radius 1 is 0.286 bits per heavy atom. The topological polar surface area (TPSA) is 78.9 Å². The second-order valence-corrected chi connectivity index (χ2v) is 21.3. The Morgan fingerprint density at radius 2 is 0.514 bits per heavy atom. The summed E-state index contributed by atoms with van der Waals surface area (Å²) in [6, 6.07) is 0. The summed E-state index contributed by atoms with van der Waals surface area (Å²) in [6.07, 6.45) is 70.3. The molecule has 70 heavy (non-hydrogen) atoms. The van der Waals surface area contributed by atoms with E-state index in [2.05, 4.69) is 45.1 Å². The Labute approximate surface area is 436 Å². The molecule has 0 amide bonds. The minimum Gasteiger partial charge on any atom is -0.462 e. The van der Waals surface area contributed by atoms with Gasteiger partial charge in [-0.1, -0.05) is 302 Å². The molecule has 0 rings (SSSR count). The molecule has 0 aromatic heterocycles. The second kappa shape index (κ2) is 59.5. The first-order valence-corrected chi connectivity index (χ1v) is 31.3. The second-order valence-electron chi connectivity index (χ2n) is 21.3. The zero-order valence-electron chi connectivity index (χ0n) is 47.3. The highest BCUT2D eigenvalue weighted by molar-refractivity contribution is 5.71. The van der Waals surface area contributed by atoms with Crippen LogP contribution < -0.4 is 0 Å². The number of hydrogen-bond donors (Lipinski definition) is 0. The molecule has 0 saturated heterocycles. The van der Waals surface area contributed by atoms with E-state index in [1.807, 2.05) is 0 Å². The van der Waals surface area contributed by atoms with Crippen LogP contribution in [-0.4, -0.2) is 37.2 Å². The molecule has 1 atom stereocenters. The van der Waals surface area contributed by atoms with Crippen molar-refractivity contribution in [1.29, 1.82) is 0 Å². The largest absolute Gasteiger partial charge is 0.462 e. The molecule has 6 nitrogen and oxygen atoms in total. The quantitative estimate of drug-likeness (QED) is 0.0261. The first kappa shape index (κ1) is 67.9. The van der Waals surface area contributed by atoms with Crippen LogP contribution in [0.5, 0.6) is 0 Å². The van der Waals surface area contributed by atoms with E-state index in [4.69, 9.17) is 14.2 Å². The lowest BCUT2D eigenvalue weighted by Gasteiger charge is -2.18. The highest BCUT2D eigenvalue weighted by atomic mass is 16.6. The predicted octanol–water partition coefficient (Wildman–Crippen LogP) is 21.1. The molecular weight excluding hydrogens is 865 g/mol. The number of rotatable bonds is 58. The average molecular weight is 986 g/mol. The Morgan fingerprint density at radius 3 is 0.814 bits per heavy atom. The maximum Gasteiger partial charge on any atom is 0.306 e. The molecule has 0 bridgehead atoms. The molecule has 0 aliphatic rings. The van der Waals surface area contributed by atoms with Crippen LogP contribution in [0.25, 0.3) is 0 Å². The van der Waals surface area contributed by atoms with Gasteiger partial charge in [-0.3, -0.25) is 14.4 Å². The summed E-state index contributed by atoms with van der Waals surface area (Å²) in [5.41, 5.74) is 0. The molecule has 0 aliphatic heterocycles. The number of ether oxygens (including phenoxy) is 3. The molecular formula is C64H120O6. The van der Waals surface area contributed by atoms with Crippen LogP contribution in [-0.2, 0) is 28.6 Å². The number of unbranched alkanes of at least 4 members (excludes halogenated alkanes) is 43. The lowest BCUT2D eigenvalue weighted by Crippen LogP contribution is -2.30. The average Bonchev–Trinajstić information content (AvgIpc) is 3.36. The smallest absolute Gasteiger partial charge is 0.306 e. The molecule has 412 valence electrons. The number of allylic oxidation sites excluding steroid dienone is 4. The van der Waals surface area contributed by atoms with Gasteiger partial charge in [0.05, 0.1) is 0 Å². The molecule has 0 spiro atoms. The summed E-state index contributed by atoms with van der Waals surface area (Å²) >= 11 is 0. The molecule has 6 heteroatoms.